The molecule has 30 heavy (non-hydrogen) atoms. The lowest BCUT2D eigenvalue weighted by atomic mass is 9.82. The minimum Gasteiger partial charge on any atom is -0.321 e. The smallest absolute Gasteiger partial charge is 0.321 e. The molecule has 0 aliphatic carbocycles. The number of carbonyl (C=O) groups is 1. The zero-order chi connectivity index (χ0) is 21.8. The highest BCUT2D eigenvalue weighted by Crippen LogP contribution is 2.41. The number of carbonyl (C=O) groups excluding carboxylic acids is 1. The summed E-state index contributed by atoms with van der Waals surface area (Å²) in [5.41, 5.74) is -1.87. The summed E-state index contributed by atoms with van der Waals surface area (Å²) in [6.07, 6.45) is -3.94. The topological polar surface area (TPSA) is 62.9 Å². The Morgan fingerprint density at radius 3 is 2.33 bits per heavy atom. The van der Waals surface area contributed by atoms with Gasteiger partial charge >= 0.3 is 6.18 Å². The van der Waals surface area contributed by atoms with Gasteiger partial charge in [0, 0.05) is 13.0 Å². The second kappa shape index (κ2) is 6.90. The highest BCUT2D eigenvalue weighted by molar-refractivity contribution is 6.32. The van der Waals surface area contributed by atoms with E-state index in [-0.39, 0.29) is 23.9 Å². The molecule has 0 bridgehead atoms. The third-order valence-corrected chi connectivity index (χ3v) is 5.85. The molecule has 1 unspecified atom stereocenters. The Labute approximate surface area is 173 Å². The molecule has 2 aliphatic rings. The van der Waals surface area contributed by atoms with Gasteiger partial charge in [-0.3, -0.25) is 4.79 Å². The van der Waals surface area contributed by atoms with Gasteiger partial charge in [0.2, 0.25) is 5.91 Å². The van der Waals surface area contributed by atoms with Crippen LogP contribution in [0.25, 0.3) is 0 Å². The monoisotopic (exact) mass is 441 g/mol. The Hall–Kier alpha value is -2.75. The predicted molar refractivity (Wildman–Crippen MR) is 102 cm³/mol. The van der Waals surface area contributed by atoms with Gasteiger partial charge in [-0.1, -0.05) is 23.7 Å². The third-order valence-electron chi connectivity index (χ3n) is 5.39. The molecule has 1 atom stereocenters. The lowest BCUT2D eigenvalue weighted by Gasteiger charge is -2.40. The van der Waals surface area contributed by atoms with E-state index < -0.39 is 28.2 Å². The molecule has 0 radical (unpaired) electrons. The number of rotatable bonds is 2. The molecule has 1 amide bonds. The summed E-state index contributed by atoms with van der Waals surface area (Å²) in [4.78, 5) is 14.3. The van der Waals surface area contributed by atoms with Gasteiger partial charge in [-0.05, 0) is 38.0 Å². The summed E-state index contributed by atoms with van der Waals surface area (Å²) in [7, 11) is 0. The number of nitrogens with zero attached hydrogens (tertiary/aromatic N) is 5. The average molecular weight is 442 g/mol. The van der Waals surface area contributed by atoms with Gasteiger partial charge in [0.15, 0.2) is 17.1 Å². The van der Waals surface area contributed by atoms with Crippen molar-refractivity contribution in [3.63, 3.8) is 0 Å². The molecule has 1 aromatic carbocycles. The van der Waals surface area contributed by atoms with Crippen LogP contribution in [0.3, 0.4) is 0 Å². The first kappa shape index (κ1) is 20.5. The van der Waals surface area contributed by atoms with E-state index in [2.05, 4.69) is 15.3 Å². The van der Waals surface area contributed by atoms with E-state index in [1.807, 2.05) is 0 Å². The van der Waals surface area contributed by atoms with Crippen LogP contribution in [-0.2, 0) is 16.5 Å². The van der Waals surface area contributed by atoms with Crippen LogP contribution in [0.1, 0.15) is 36.7 Å². The summed E-state index contributed by atoms with van der Waals surface area (Å²) in [5.74, 6) is -0.724. The molecular formula is C19H16ClF4N5O. The molecule has 3 heterocycles. The van der Waals surface area contributed by atoms with Crippen LogP contribution in [0.2, 0.25) is 5.02 Å². The van der Waals surface area contributed by atoms with Gasteiger partial charge in [0.1, 0.15) is 5.82 Å². The van der Waals surface area contributed by atoms with E-state index in [9.17, 15) is 22.4 Å². The highest BCUT2D eigenvalue weighted by atomic mass is 35.5. The van der Waals surface area contributed by atoms with Crippen LogP contribution >= 0.6 is 11.6 Å². The van der Waals surface area contributed by atoms with Crippen molar-refractivity contribution in [1.82, 2.24) is 14.7 Å². The molecule has 2 aliphatic heterocycles. The first-order valence-corrected chi connectivity index (χ1v) is 9.48. The Balaban J connectivity index is 1.98. The fraction of sp³-hybridized carbons (Fsp3) is 0.368. The zero-order valence-electron chi connectivity index (χ0n) is 16.0. The number of benzene rings is 1. The van der Waals surface area contributed by atoms with E-state index >= 15 is 0 Å². The zero-order valence-corrected chi connectivity index (χ0v) is 16.7. The molecule has 4 rings (SSSR count). The summed E-state index contributed by atoms with van der Waals surface area (Å²) < 4.78 is 54.8. The maximum Gasteiger partial charge on any atom is 0.436 e. The van der Waals surface area contributed by atoms with E-state index in [1.165, 1.54) is 36.1 Å². The number of amides is 1. The number of halogens is 5. The van der Waals surface area contributed by atoms with Gasteiger partial charge in [0.25, 0.3) is 0 Å². The van der Waals surface area contributed by atoms with Crippen LogP contribution in [0, 0.1) is 12.7 Å². The van der Waals surface area contributed by atoms with E-state index in [0.29, 0.717) is 24.2 Å². The van der Waals surface area contributed by atoms with Gasteiger partial charge in [-0.15, -0.1) is 5.10 Å². The fourth-order valence-electron chi connectivity index (χ4n) is 4.00. The van der Waals surface area contributed by atoms with Crippen molar-refractivity contribution in [3.05, 3.63) is 52.1 Å². The molecule has 11 heteroatoms. The van der Waals surface area contributed by atoms with Crippen molar-refractivity contribution in [2.75, 3.05) is 6.54 Å². The molecule has 2 aromatic rings. The van der Waals surface area contributed by atoms with Crippen LogP contribution in [0.4, 0.5) is 17.6 Å². The van der Waals surface area contributed by atoms with Gasteiger partial charge < -0.3 is 4.90 Å². The van der Waals surface area contributed by atoms with E-state index in [4.69, 9.17) is 11.6 Å². The summed E-state index contributed by atoms with van der Waals surface area (Å²) in [6.45, 7) is 3.33. The van der Waals surface area contributed by atoms with Crippen LogP contribution in [0.5, 0.6) is 0 Å². The number of alkyl halides is 3. The Kier molecular flexibility index (Phi) is 4.72. The minimum atomic E-state index is -4.77. The molecule has 1 saturated heterocycles. The second-order valence-corrected chi connectivity index (χ2v) is 7.51. The van der Waals surface area contributed by atoms with Crippen molar-refractivity contribution < 1.29 is 22.4 Å². The number of hydrogen-bond donors (Lipinski definition) is 0. The molecule has 6 nitrogen and oxygen atoms in total. The molecule has 0 N–H and O–H groups in total. The first-order chi connectivity index (χ1) is 14.1. The SMILES string of the molecule is CC1=NN=C(n2nc(C(F)(F)F)c(Cl)c2C)C1(c1ccc(F)cc1)N1CCCC1=O. The molecule has 0 spiro atoms. The van der Waals surface area contributed by atoms with Crippen molar-refractivity contribution >= 4 is 29.1 Å². The van der Waals surface area contributed by atoms with Crippen molar-refractivity contribution in [2.24, 2.45) is 10.2 Å². The van der Waals surface area contributed by atoms with Gasteiger partial charge in [0.05, 0.1) is 16.4 Å². The first-order valence-electron chi connectivity index (χ1n) is 9.11. The van der Waals surface area contributed by atoms with E-state index in [0.717, 1.165) is 4.68 Å². The number of hydrogen-bond acceptors (Lipinski definition) is 4. The predicted octanol–water partition coefficient (Wildman–Crippen LogP) is 4.16. The quantitative estimate of drug-likeness (QED) is 0.657. The van der Waals surface area contributed by atoms with Gasteiger partial charge in [-0.25, -0.2) is 9.07 Å². The average Bonchev–Trinajstić information content (AvgIpc) is 3.33. The molecule has 1 fully saturated rings. The maximum atomic E-state index is 13.6. The highest BCUT2D eigenvalue weighted by Gasteiger charge is 2.54. The lowest BCUT2D eigenvalue weighted by Crippen LogP contribution is -2.57. The van der Waals surface area contributed by atoms with Crippen LogP contribution in [-0.4, -0.2) is 38.7 Å². The summed E-state index contributed by atoms with van der Waals surface area (Å²) >= 11 is 5.94. The third kappa shape index (κ3) is 2.84. The van der Waals surface area contributed by atoms with Crippen LogP contribution < -0.4 is 0 Å². The lowest BCUT2D eigenvalue weighted by molar-refractivity contribution is -0.141. The normalized spacial score (nSPS) is 22.0. The Bertz CT molecular complexity index is 1090. The van der Waals surface area contributed by atoms with Gasteiger partial charge in [-0.2, -0.15) is 23.4 Å². The Morgan fingerprint density at radius 1 is 1.13 bits per heavy atom. The maximum absolute atomic E-state index is 13.6. The standard InChI is InChI=1S/C19H16ClF4N5O/c1-10-15(20)16(19(22,23)24)27-29(10)17-18(11(2)25-26-17,28-9-3-4-14(28)30)12-5-7-13(21)8-6-12/h5-8H,3-4,9H2,1-2H3. The molecule has 1 aromatic heterocycles. The van der Waals surface area contributed by atoms with Crippen molar-refractivity contribution in [1.29, 1.82) is 0 Å². The van der Waals surface area contributed by atoms with Crippen molar-refractivity contribution in [2.45, 2.75) is 38.4 Å². The molecule has 0 saturated carbocycles. The molecular weight excluding hydrogens is 426 g/mol. The minimum absolute atomic E-state index is 0.00535. The summed E-state index contributed by atoms with van der Waals surface area (Å²) in [5, 5.41) is 11.3. The van der Waals surface area contributed by atoms with Crippen molar-refractivity contribution in [3.8, 4) is 0 Å². The number of likely N-dealkylation sites (tertiary alicyclic amines) is 1. The fourth-order valence-corrected chi connectivity index (χ4v) is 4.22. The Morgan fingerprint density at radius 2 is 1.80 bits per heavy atom. The molecule has 158 valence electrons. The van der Waals surface area contributed by atoms with Crippen LogP contribution in [0.15, 0.2) is 34.5 Å². The van der Waals surface area contributed by atoms with E-state index in [1.54, 1.807) is 6.92 Å². The second-order valence-electron chi connectivity index (χ2n) is 7.13. The summed E-state index contributed by atoms with van der Waals surface area (Å²) in [6, 6.07) is 5.35. The number of aromatic nitrogens is 2. The largest absolute Gasteiger partial charge is 0.436 e.